The normalized spacial score (nSPS) is 29.0. The summed E-state index contributed by atoms with van der Waals surface area (Å²) in [6, 6.07) is 0. The molecule has 2 rings (SSSR count). The molecule has 0 aromatic heterocycles. The van der Waals surface area contributed by atoms with Crippen LogP contribution in [0.5, 0.6) is 0 Å². The van der Waals surface area contributed by atoms with Crippen molar-refractivity contribution in [3.05, 3.63) is 12.2 Å². The molecule has 15 heteroatoms. The van der Waals surface area contributed by atoms with Crippen LogP contribution in [0.2, 0.25) is 0 Å². The summed E-state index contributed by atoms with van der Waals surface area (Å²) in [5, 5.41) is 71.3. The second-order valence-electron chi connectivity index (χ2n) is 14.8. The molecule has 0 amide bonds. The molecule has 2 aliphatic rings. The molecule has 0 spiro atoms. The molecule has 2 fully saturated rings. The SMILES string of the molecule is CCCCCCCC/C=C\CCCCCCCCCC(=O)OC(COC(=O)CCCC)COC1OC(COC2OC(CO)C(O)C(O)C2O)C(O)C(O)C1O. The quantitative estimate of drug-likeness (QED) is 0.0315. The Morgan fingerprint density at radius 1 is 0.564 bits per heavy atom. The van der Waals surface area contributed by atoms with E-state index in [2.05, 4.69) is 19.1 Å². The lowest BCUT2D eigenvalue weighted by atomic mass is 9.98. The van der Waals surface area contributed by atoms with Crippen molar-refractivity contribution in [2.24, 2.45) is 0 Å². The molecule has 11 unspecified atom stereocenters. The first-order valence-corrected chi connectivity index (χ1v) is 20.8. The first-order valence-electron chi connectivity index (χ1n) is 20.8. The van der Waals surface area contributed by atoms with Gasteiger partial charge >= 0.3 is 11.9 Å². The fraction of sp³-hybridized carbons (Fsp3) is 0.900. The van der Waals surface area contributed by atoms with Crippen molar-refractivity contribution < 1.29 is 73.8 Å². The minimum atomic E-state index is -1.76. The zero-order valence-electron chi connectivity index (χ0n) is 33.2. The van der Waals surface area contributed by atoms with E-state index in [1.807, 2.05) is 6.92 Å². The summed E-state index contributed by atoms with van der Waals surface area (Å²) < 4.78 is 33.0. The monoisotopic (exact) mass is 792 g/mol. The summed E-state index contributed by atoms with van der Waals surface area (Å²) in [7, 11) is 0. The maximum absolute atomic E-state index is 12.8. The van der Waals surface area contributed by atoms with Crippen molar-refractivity contribution in [2.75, 3.05) is 26.4 Å². The lowest BCUT2D eigenvalue weighted by molar-refractivity contribution is -0.332. The van der Waals surface area contributed by atoms with Crippen LogP contribution in [0.25, 0.3) is 0 Å². The van der Waals surface area contributed by atoms with Crippen molar-refractivity contribution in [2.45, 2.75) is 203 Å². The van der Waals surface area contributed by atoms with Crippen molar-refractivity contribution in [1.29, 1.82) is 0 Å². The lowest BCUT2D eigenvalue weighted by Crippen LogP contribution is -2.61. The summed E-state index contributed by atoms with van der Waals surface area (Å²) in [6.07, 6.45) is 6.91. The minimum Gasteiger partial charge on any atom is -0.462 e. The van der Waals surface area contributed by atoms with Crippen LogP contribution in [0, 0.1) is 0 Å². The molecule has 0 aromatic carbocycles. The van der Waals surface area contributed by atoms with Gasteiger partial charge in [-0.2, -0.15) is 0 Å². The summed E-state index contributed by atoms with van der Waals surface area (Å²) in [6.45, 7) is 2.28. The number of carbonyl (C=O) groups excluding carboxylic acids is 2. The molecule has 322 valence electrons. The van der Waals surface area contributed by atoms with Crippen LogP contribution in [0.1, 0.15) is 136 Å². The highest BCUT2D eigenvalue weighted by Crippen LogP contribution is 2.26. The maximum atomic E-state index is 12.8. The Morgan fingerprint density at radius 3 is 1.64 bits per heavy atom. The van der Waals surface area contributed by atoms with Crippen LogP contribution < -0.4 is 0 Å². The minimum absolute atomic E-state index is 0.161. The van der Waals surface area contributed by atoms with Gasteiger partial charge in [0, 0.05) is 12.8 Å². The van der Waals surface area contributed by atoms with Gasteiger partial charge in [0.25, 0.3) is 0 Å². The molecule has 2 heterocycles. The van der Waals surface area contributed by atoms with Crippen LogP contribution in [-0.2, 0) is 38.0 Å². The van der Waals surface area contributed by atoms with Crippen LogP contribution in [0.4, 0.5) is 0 Å². The molecule has 0 saturated carbocycles. The number of rotatable bonds is 30. The average molecular weight is 793 g/mol. The Hall–Kier alpha value is -1.76. The molecule has 0 bridgehead atoms. The average Bonchev–Trinajstić information content (AvgIpc) is 3.18. The lowest BCUT2D eigenvalue weighted by Gasteiger charge is -2.42. The van der Waals surface area contributed by atoms with E-state index in [9.17, 15) is 45.3 Å². The molecule has 2 aliphatic heterocycles. The van der Waals surface area contributed by atoms with Crippen LogP contribution in [0.3, 0.4) is 0 Å². The molecule has 7 N–H and O–H groups in total. The molecule has 0 aliphatic carbocycles. The number of allylic oxidation sites excluding steroid dienone is 2. The van der Waals surface area contributed by atoms with Crippen molar-refractivity contribution in [1.82, 2.24) is 0 Å². The fourth-order valence-corrected chi connectivity index (χ4v) is 6.42. The Bertz CT molecular complexity index is 1030. The Morgan fingerprint density at radius 2 is 1.05 bits per heavy atom. The third-order valence-electron chi connectivity index (χ3n) is 9.99. The highest BCUT2D eigenvalue weighted by Gasteiger charge is 2.47. The van der Waals surface area contributed by atoms with Gasteiger partial charge in [-0.3, -0.25) is 9.59 Å². The molecule has 2 saturated heterocycles. The van der Waals surface area contributed by atoms with Crippen LogP contribution >= 0.6 is 0 Å². The standard InChI is InChI=1S/C40H72O15/c1-3-5-7-8-9-10-11-12-13-14-15-16-17-18-19-20-21-23-32(43)53-28(25-50-31(42)22-6-4-2)26-51-39-38(49)36(47)34(45)30(55-39)27-52-40-37(48)35(46)33(44)29(24-41)54-40/h12-13,28-30,33-41,44-49H,3-11,14-27H2,1-2H3/b13-12-. The Balaban J connectivity index is 1.76. The van der Waals surface area contributed by atoms with E-state index in [4.69, 9.17) is 28.4 Å². The van der Waals surface area contributed by atoms with Gasteiger partial charge in [0.2, 0.25) is 0 Å². The van der Waals surface area contributed by atoms with Crippen LogP contribution in [-0.4, -0.2) is 142 Å². The van der Waals surface area contributed by atoms with Gasteiger partial charge in [-0.25, -0.2) is 0 Å². The number of carbonyl (C=O) groups is 2. The van der Waals surface area contributed by atoms with Crippen molar-refractivity contribution in [3.8, 4) is 0 Å². The number of esters is 2. The summed E-state index contributed by atoms with van der Waals surface area (Å²) >= 11 is 0. The number of ether oxygens (including phenoxy) is 6. The fourth-order valence-electron chi connectivity index (χ4n) is 6.42. The zero-order chi connectivity index (χ0) is 40.4. The van der Waals surface area contributed by atoms with E-state index in [1.54, 1.807) is 0 Å². The molecular formula is C40H72O15. The number of hydrogen-bond acceptors (Lipinski definition) is 15. The van der Waals surface area contributed by atoms with Gasteiger partial charge in [-0.15, -0.1) is 0 Å². The second kappa shape index (κ2) is 29.5. The topological polar surface area (TPSA) is 231 Å². The molecule has 15 nitrogen and oxygen atoms in total. The van der Waals surface area contributed by atoms with Gasteiger partial charge in [-0.05, 0) is 38.5 Å². The van der Waals surface area contributed by atoms with E-state index in [1.165, 1.54) is 57.8 Å². The van der Waals surface area contributed by atoms with Gasteiger partial charge in [-0.1, -0.05) is 96.6 Å². The smallest absolute Gasteiger partial charge is 0.306 e. The van der Waals surface area contributed by atoms with Crippen LogP contribution in [0.15, 0.2) is 12.2 Å². The van der Waals surface area contributed by atoms with Gasteiger partial charge in [0.15, 0.2) is 18.7 Å². The number of unbranched alkanes of at least 4 members (excludes halogenated alkanes) is 14. The van der Waals surface area contributed by atoms with Crippen molar-refractivity contribution >= 4 is 11.9 Å². The predicted octanol–water partition coefficient (Wildman–Crippen LogP) is 3.09. The first kappa shape index (κ1) is 49.4. The third kappa shape index (κ3) is 19.5. The highest BCUT2D eigenvalue weighted by atomic mass is 16.7. The number of aliphatic hydroxyl groups is 7. The predicted molar refractivity (Wildman–Crippen MR) is 201 cm³/mol. The molecular weight excluding hydrogens is 720 g/mol. The summed E-state index contributed by atoms with van der Waals surface area (Å²) in [5.41, 5.74) is 0. The van der Waals surface area contributed by atoms with Gasteiger partial charge in [0.05, 0.1) is 19.8 Å². The maximum Gasteiger partial charge on any atom is 0.306 e. The first-order chi connectivity index (χ1) is 26.5. The van der Waals surface area contributed by atoms with E-state index in [-0.39, 0.29) is 26.1 Å². The molecule has 0 aromatic rings. The van der Waals surface area contributed by atoms with E-state index in [0.29, 0.717) is 12.8 Å². The molecule has 11 atom stereocenters. The molecule has 0 radical (unpaired) electrons. The summed E-state index contributed by atoms with van der Waals surface area (Å²) in [5.74, 6) is -0.970. The molecule has 55 heavy (non-hydrogen) atoms. The van der Waals surface area contributed by atoms with Gasteiger partial charge < -0.3 is 64.2 Å². The summed E-state index contributed by atoms with van der Waals surface area (Å²) in [4.78, 5) is 25.0. The number of aliphatic hydroxyl groups excluding tert-OH is 7. The van der Waals surface area contributed by atoms with Gasteiger partial charge in [0.1, 0.15) is 55.4 Å². The van der Waals surface area contributed by atoms with Crippen molar-refractivity contribution in [3.63, 3.8) is 0 Å². The highest BCUT2D eigenvalue weighted by molar-refractivity contribution is 5.70. The Kier molecular flexibility index (Phi) is 26.4. The third-order valence-corrected chi connectivity index (χ3v) is 9.99. The Labute approximate surface area is 327 Å². The van der Waals surface area contributed by atoms with E-state index < -0.39 is 92.7 Å². The number of hydrogen-bond donors (Lipinski definition) is 7. The van der Waals surface area contributed by atoms with E-state index >= 15 is 0 Å². The van der Waals surface area contributed by atoms with E-state index in [0.717, 1.165) is 38.5 Å². The zero-order valence-corrected chi connectivity index (χ0v) is 33.2. The largest absolute Gasteiger partial charge is 0.462 e. The second-order valence-corrected chi connectivity index (χ2v) is 14.8.